The van der Waals surface area contributed by atoms with Crippen molar-refractivity contribution in [1.29, 1.82) is 5.26 Å². The number of carbonyl (C=O) groups excluding carboxylic acids is 1. The van der Waals surface area contributed by atoms with Crippen molar-refractivity contribution in [3.8, 4) is 11.8 Å². The minimum Gasteiger partial charge on any atom is -0.508 e. The molecule has 0 aliphatic rings. The number of benzene rings is 2. The summed E-state index contributed by atoms with van der Waals surface area (Å²) in [5, 5.41) is 19.5. The standard InChI is InChI=1S/C13H9NO3/c1-17-13(16)12-5-8(7-14)4-9-6-10(15)2-3-11(9)12/h2-6,15H,1H3. The molecule has 0 aliphatic carbocycles. The molecule has 0 amide bonds. The molecule has 0 aromatic heterocycles. The average molecular weight is 227 g/mol. The first kappa shape index (κ1) is 11.0. The summed E-state index contributed by atoms with van der Waals surface area (Å²) in [4.78, 5) is 11.6. The Morgan fingerprint density at radius 1 is 1.35 bits per heavy atom. The Bertz CT molecular complexity index is 641. The van der Waals surface area contributed by atoms with Crippen LogP contribution in [0, 0.1) is 11.3 Å². The van der Waals surface area contributed by atoms with E-state index in [9.17, 15) is 9.90 Å². The topological polar surface area (TPSA) is 70.3 Å². The van der Waals surface area contributed by atoms with Crippen molar-refractivity contribution in [3.63, 3.8) is 0 Å². The van der Waals surface area contributed by atoms with Gasteiger partial charge in [0.1, 0.15) is 5.75 Å². The third-order valence-electron chi connectivity index (χ3n) is 2.47. The number of hydrogen-bond donors (Lipinski definition) is 1. The number of nitriles is 1. The van der Waals surface area contributed by atoms with Gasteiger partial charge in [-0.05, 0) is 41.1 Å². The first-order valence-electron chi connectivity index (χ1n) is 4.91. The number of aromatic hydroxyl groups is 1. The Morgan fingerprint density at radius 3 is 2.76 bits per heavy atom. The molecule has 0 bridgehead atoms. The number of methoxy groups -OCH3 is 1. The molecule has 0 unspecified atom stereocenters. The maximum absolute atomic E-state index is 11.6. The Labute approximate surface area is 97.7 Å². The van der Waals surface area contributed by atoms with Crippen LogP contribution >= 0.6 is 0 Å². The van der Waals surface area contributed by atoms with Crippen molar-refractivity contribution in [2.45, 2.75) is 0 Å². The fourth-order valence-corrected chi connectivity index (χ4v) is 1.70. The zero-order valence-corrected chi connectivity index (χ0v) is 9.10. The van der Waals surface area contributed by atoms with Gasteiger partial charge in [0.15, 0.2) is 0 Å². The highest BCUT2D eigenvalue weighted by molar-refractivity contribution is 6.05. The summed E-state index contributed by atoms with van der Waals surface area (Å²) >= 11 is 0. The van der Waals surface area contributed by atoms with E-state index in [1.807, 2.05) is 6.07 Å². The van der Waals surface area contributed by atoms with E-state index in [0.29, 0.717) is 21.9 Å². The van der Waals surface area contributed by atoms with Crippen molar-refractivity contribution in [3.05, 3.63) is 41.5 Å². The summed E-state index contributed by atoms with van der Waals surface area (Å²) in [6, 6.07) is 9.67. The molecular formula is C13H9NO3. The van der Waals surface area contributed by atoms with E-state index in [1.165, 1.54) is 25.3 Å². The van der Waals surface area contributed by atoms with Crippen LogP contribution < -0.4 is 0 Å². The number of fused-ring (bicyclic) bond motifs is 1. The third-order valence-corrected chi connectivity index (χ3v) is 2.47. The van der Waals surface area contributed by atoms with Crippen LogP contribution in [0.15, 0.2) is 30.3 Å². The van der Waals surface area contributed by atoms with Crippen molar-refractivity contribution in [2.24, 2.45) is 0 Å². The Balaban J connectivity index is 2.81. The van der Waals surface area contributed by atoms with Crippen molar-refractivity contribution < 1.29 is 14.6 Å². The van der Waals surface area contributed by atoms with Crippen LogP contribution in [-0.4, -0.2) is 18.2 Å². The van der Waals surface area contributed by atoms with Crippen LogP contribution in [0.4, 0.5) is 0 Å². The largest absolute Gasteiger partial charge is 0.508 e. The van der Waals surface area contributed by atoms with E-state index in [-0.39, 0.29) is 5.75 Å². The third kappa shape index (κ3) is 1.91. The minimum atomic E-state index is -0.502. The molecule has 2 aromatic rings. The number of phenols is 1. The van der Waals surface area contributed by atoms with Gasteiger partial charge in [-0.25, -0.2) is 4.79 Å². The summed E-state index contributed by atoms with van der Waals surface area (Å²) in [6.45, 7) is 0. The van der Waals surface area contributed by atoms with Crippen LogP contribution in [0.5, 0.6) is 5.75 Å². The molecule has 0 saturated heterocycles. The van der Waals surface area contributed by atoms with Crippen LogP contribution in [-0.2, 0) is 4.74 Å². The predicted molar refractivity (Wildman–Crippen MR) is 61.7 cm³/mol. The van der Waals surface area contributed by atoms with Gasteiger partial charge in [-0.1, -0.05) is 0 Å². The highest BCUT2D eigenvalue weighted by atomic mass is 16.5. The molecule has 17 heavy (non-hydrogen) atoms. The zero-order chi connectivity index (χ0) is 12.4. The molecule has 1 N–H and O–H groups in total. The lowest BCUT2D eigenvalue weighted by molar-refractivity contribution is 0.0603. The van der Waals surface area contributed by atoms with Crippen molar-refractivity contribution in [1.82, 2.24) is 0 Å². The van der Waals surface area contributed by atoms with E-state index < -0.39 is 5.97 Å². The maximum Gasteiger partial charge on any atom is 0.338 e. The molecule has 0 heterocycles. The second-order valence-electron chi connectivity index (χ2n) is 3.53. The summed E-state index contributed by atoms with van der Waals surface area (Å²) < 4.78 is 4.66. The lowest BCUT2D eigenvalue weighted by Crippen LogP contribution is -2.02. The van der Waals surface area contributed by atoms with Crippen molar-refractivity contribution >= 4 is 16.7 Å². The SMILES string of the molecule is COC(=O)c1cc(C#N)cc2cc(O)ccc12. The van der Waals surface area contributed by atoms with E-state index in [2.05, 4.69) is 4.74 Å². The van der Waals surface area contributed by atoms with E-state index in [4.69, 9.17) is 5.26 Å². The number of ether oxygens (including phenoxy) is 1. The first-order valence-corrected chi connectivity index (χ1v) is 4.91. The molecule has 0 aliphatic heterocycles. The molecular weight excluding hydrogens is 218 g/mol. The number of carbonyl (C=O) groups is 1. The van der Waals surface area contributed by atoms with Gasteiger partial charge < -0.3 is 9.84 Å². The van der Waals surface area contributed by atoms with E-state index >= 15 is 0 Å². The maximum atomic E-state index is 11.6. The Hall–Kier alpha value is -2.54. The molecule has 0 fully saturated rings. The molecule has 4 heteroatoms. The van der Waals surface area contributed by atoms with Gasteiger partial charge in [0.25, 0.3) is 0 Å². The van der Waals surface area contributed by atoms with Gasteiger partial charge in [-0.15, -0.1) is 0 Å². The number of rotatable bonds is 1. The number of hydrogen-bond acceptors (Lipinski definition) is 4. The lowest BCUT2D eigenvalue weighted by Gasteiger charge is -2.06. The quantitative estimate of drug-likeness (QED) is 0.758. The first-order chi connectivity index (χ1) is 8.15. The van der Waals surface area contributed by atoms with Gasteiger partial charge in [0.05, 0.1) is 24.3 Å². The van der Waals surface area contributed by atoms with Crippen molar-refractivity contribution in [2.75, 3.05) is 7.11 Å². The molecule has 0 atom stereocenters. The number of nitrogens with zero attached hydrogens (tertiary/aromatic N) is 1. The molecule has 84 valence electrons. The monoisotopic (exact) mass is 227 g/mol. The predicted octanol–water partition coefficient (Wildman–Crippen LogP) is 2.20. The summed E-state index contributed by atoms with van der Waals surface area (Å²) in [6.07, 6.45) is 0. The average Bonchev–Trinajstić information content (AvgIpc) is 2.35. The fourth-order valence-electron chi connectivity index (χ4n) is 1.70. The molecule has 0 spiro atoms. The molecule has 0 saturated carbocycles. The van der Waals surface area contributed by atoms with Gasteiger partial charge in [-0.3, -0.25) is 0 Å². The minimum absolute atomic E-state index is 0.0865. The summed E-state index contributed by atoms with van der Waals surface area (Å²) in [5.41, 5.74) is 0.671. The Morgan fingerprint density at radius 2 is 2.12 bits per heavy atom. The van der Waals surface area contributed by atoms with Crippen LogP contribution in [0.25, 0.3) is 10.8 Å². The molecule has 0 radical (unpaired) electrons. The van der Waals surface area contributed by atoms with Gasteiger partial charge in [-0.2, -0.15) is 5.26 Å². The fraction of sp³-hybridized carbons (Fsp3) is 0.0769. The Kier molecular flexibility index (Phi) is 2.67. The molecule has 2 aromatic carbocycles. The highest BCUT2D eigenvalue weighted by Crippen LogP contribution is 2.25. The van der Waals surface area contributed by atoms with Gasteiger partial charge in [0.2, 0.25) is 0 Å². The van der Waals surface area contributed by atoms with Crippen LogP contribution in [0.1, 0.15) is 15.9 Å². The summed E-state index contributed by atoms with van der Waals surface area (Å²) in [5.74, 6) is -0.416. The van der Waals surface area contributed by atoms with Crippen LogP contribution in [0.2, 0.25) is 0 Å². The zero-order valence-electron chi connectivity index (χ0n) is 9.10. The molecule has 2 rings (SSSR count). The normalized spacial score (nSPS) is 9.88. The lowest BCUT2D eigenvalue weighted by atomic mass is 10.0. The summed E-state index contributed by atoms with van der Waals surface area (Å²) in [7, 11) is 1.29. The number of esters is 1. The van der Waals surface area contributed by atoms with Crippen LogP contribution in [0.3, 0.4) is 0 Å². The molecule has 4 nitrogen and oxygen atoms in total. The number of phenolic OH excluding ortho intramolecular Hbond substituents is 1. The van der Waals surface area contributed by atoms with E-state index in [0.717, 1.165) is 0 Å². The van der Waals surface area contributed by atoms with Gasteiger partial charge >= 0.3 is 5.97 Å². The van der Waals surface area contributed by atoms with Gasteiger partial charge in [0, 0.05) is 0 Å². The smallest absolute Gasteiger partial charge is 0.338 e. The second kappa shape index (κ2) is 4.14. The second-order valence-corrected chi connectivity index (χ2v) is 3.53. The highest BCUT2D eigenvalue weighted by Gasteiger charge is 2.12. The van der Waals surface area contributed by atoms with E-state index in [1.54, 1.807) is 12.1 Å².